The van der Waals surface area contributed by atoms with Crippen LogP contribution in [0, 0.1) is 4.91 Å². The second kappa shape index (κ2) is 4.16. The van der Waals surface area contributed by atoms with E-state index in [1.807, 2.05) is 0 Å². The molecule has 0 saturated heterocycles. The third-order valence-electron chi connectivity index (χ3n) is 0.985. The zero-order chi connectivity index (χ0) is 8.85. The van der Waals surface area contributed by atoms with Gasteiger partial charge in [-0.05, 0) is 5.18 Å². The Hall–Kier alpha value is -1.71. The number of aldehydes is 1. The van der Waals surface area contributed by atoms with Gasteiger partial charge in [-0.2, -0.15) is 0 Å². The Bertz CT molecular complexity index is 230. The smallest absolute Gasteiger partial charge is 0.159 e. The van der Waals surface area contributed by atoms with Crippen molar-refractivity contribution < 1.29 is 9.90 Å². The van der Waals surface area contributed by atoms with Crippen LogP contribution in [-0.4, -0.2) is 11.4 Å². The van der Waals surface area contributed by atoms with Gasteiger partial charge in [-0.25, -0.2) is 0 Å². The van der Waals surface area contributed by atoms with Crippen molar-refractivity contribution in [2.75, 3.05) is 0 Å². The lowest BCUT2D eigenvalue weighted by atomic mass is 10.2. The van der Waals surface area contributed by atoms with E-state index >= 15 is 0 Å². The summed E-state index contributed by atoms with van der Waals surface area (Å²) in [5.74, 6) is -0.540. The maximum absolute atomic E-state index is 10.2. The van der Waals surface area contributed by atoms with Gasteiger partial charge in [-0.1, -0.05) is 19.2 Å². The molecule has 0 unspecified atom stereocenters. The molecule has 0 saturated carbocycles. The van der Waals surface area contributed by atoms with Crippen molar-refractivity contribution in [1.29, 1.82) is 0 Å². The number of hydrogen-bond acceptors (Lipinski definition) is 4. The van der Waals surface area contributed by atoms with E-state index in [0.717, 1.165) is 6.08 Å². The lowest BCUT2D eigenvalue weighted by Gasteiger charge is -1.95. The number of nitrogens with zero attached hydrogens (tertiary/aromatic N) is 1. The van der Waals surface area contributed by atoms with Gasteiger partial charge in [0.05, 0.1) is 0 Å². The van der Waals surface area contributed by atoms with Crippen LogP contribution in [0.25, 0.3) is 0 Å². The van der Waals surface area contributed by atoms with Crippen molar-refractivity contribution in [1.82, 2.24) is 0 Å². The minimum absolute atomic E-state index is 0.0764. The minimum atomic E-state index is -0.540. The van der Waals surface area contributed by atoms with E-state index in [0.29, 0.717) is 6.29 Å². The number of aliphatic hydroxyl groups is 1. The predicted octanol–water partition coefficient (Wildman–Crippen LogP) is 1.46. The quantitative estimate of drug-likeness (QED) is 0.218. The third-order valence-corrected chi connectivity index (χ3v) is 0.985. The van der Waals surface area contributed by atoms with Gasteiger partial charge in [0.25, 0.3) is 0 Å². The Balaban J connectivity index is 5.08. The van der Waals surface area contributed by atoms with Crippen molar-refractivity contribution >= 4 is 6.29 Å². The second-order valence-corrected chi connectivity index (χ2v) is 1.66. The van der Waals surface area contributed by atoms with E-state index in [9.17, 15) is 9.70 Å². The van der Waals surface area contributed by atoms with Crippen LogP contribution in [0.1, 0.15) is 0 Å². The van der Waals surface area contributed by atoms with E-state index in [1.165, 1.54) is 0 Å². The fourth-order valence-corrected chi connectivity index (χ4v) is 0.473. The molecule has 0 aromatic carbocycles. The Morgan fingerprint density at radius 1 is 1.55 bits per heavy atom. The first-order valence-electron chi connectivity index (χ1n) is 2.70. The summed E-state index contributed by atoms with van der Waals surface area (Å²) in [5.41, 5.74) is -0.456. The summed E-state index contributed by atoms with van der Waals surface area (Å²) in [5, 5.41) is 11.1. The zero-order valence-electron chi connectivity index (χ0n) is 5.78. The molecule has 0 aromatic heterocycles. The van der Waals surface area contributed by atoms with Crippen LogP contribution >= 0.6 is 0 Å². The summed E-state index contributed by atoms with van der Waals surface area (Å²) < 4.78 is 0. The van der Waals surface area contributed by atoms with Gasteiger partial charge in [-0.15, -0.1) is 4.91 Å². The van der Waals surface area contributed by atoms with E-state index in [2.05, 4.69) is 18.3 Å². The molecule has 1 N–H and O–H groups in total. The molecular weight excluding hydrogens is 146 g/mol. The Kier molecular flexibility index (Phi) is 3.51. The molecule has 0 spiro atoms. The van der Waals surface area contributed by atoms with Crippen molar-refractivity contribution in [3.63, 3.8) is 0 Å². The number of allylic oxidation sites excluding steroid dienone is 2. The highest BCUT2D eigenvalue weighted by Crippen LogP contribution is 2.11. The highest BCUT2D eigenvalue weighted by Gasteiger charge is 2.05. The van der Waals surface area contributed by atoms with Gasteiger partial charge in [0.1, 0.15) is 5.76 Å². The van der Waals surface area contributed by atoms with Gasteiger partial charge < -0.3 is 5.11 Å². The Morgan fingerprint density at radius 3 is 2.18 bits per heavy atom. The molecule has 0 rings (SSSR count). The Morgan fingerprint density at radius 2 is 2.09 bits per heavy atom. The van der Waals surface area contributed by atoms with Gasteiger partial charge >= 0.3 is 0 Å². The van der Waals surface area contributed by atoms with Crippen LogP contribution in [0.5, 0.6) is 0 Å². The molecular formula is C7H7NO3. The van der Waals surface area contributed by atoms with Crippen molar-refractivity contribution in [2.24, 2.45) is 5.18 Å². The number of hydrogen-bond donors (Lipinski definition) is 1. The van der Waals surface area contributed by atoms with Gasteiger partial charge in [0.2, 0.25) is 0 Å². The standard InChI is InChI=1S/C7H7NO3/c1-3-6(4-9)7(8-11)5(2)10/h3-4,10H,1-2H2/b7-6-. The molecule has 11 heavy (non-hydrogen) atoms. The van der Waals surface area contributed by atoms with Crippen molar-refractivity contribution in [2.45, 2.75) is 0 Å². The monoisotopic (exact) mass is 153 g/mol. The first-order chi connectivity index (χ1) is 5.17. The maximum Gasteiger partial charge on any atom is 0.159 e. The molecule has 0 aliphatic carbocycles. The number of rotatable bonds is 4. The first-order valence-corrected chi connectivity index (χ1v) is 2.70. The first kappa shape index (κ1) is 9.29. The molecule has 0 aromatic rings. The predicted molar refractivity (Wildman–Crippen MR) is 40.9 cm³/mol. The average Bonchev–Trinajstić information content (AvgIpc) is 1.99. The van der Waals surface area contributed by atoms with Crippen LogP contribution in [0.4, 0.5) is 0 Å². The third kappa shape index (κ3) is 2.17. The molecule has 4 heteroatoms. The molecule has 4 nitrogen and oxygen atoms in total. The molecule has 58 valence electrons. The summed E-state index contributed by atoms with van der Waals surface area (Å²) >= 11 is 0. The highest BCUT2D eigenvalue weighted by atomic mass is 16.3. The summed E-state index contributed by atoms with van der Waals surface area (Å²) in [4.78, 5) is 20.1. The molecule has 0 bridgehead atoms. The SMILES string of the molecule is C=C/C(C=O)=C(/N=O)C(=C)O. The largest absolute Gasteiger partial charge is 0.506 e. The summed E-state index contributed by atoms with van der Waals surface area (Å²) in [6, 6.07) is 0. The Labute approximate surface area is 63.5 Å². The minimum Gasteiger partial charge on any atom is -0.506 e. The molecule has 0 aliphatic rings. The summed E-state index contributed by atoms with van der Waals surface area (Å²) in [6.45, 7) is 6.28. The molecule has 0 heterocycles. The zero-order valence-corrected chi connectivity index (χ0v) is 5.78. The average molecular weight is 153 g/mol. The lowest BCUT2D eigenvalue weighted by molar-refractivity contribution is -0.104. The van der Waals surface area contributed by atoms with Crippen LogP contribution < -0.4 is 0 Å². The van der Waals surface area contributed by atoms with Crippen LogP contribution in [-0.2, 0) is 4.79 Å². The van der Waals surface area contributed by atoms with E-state index < -0.39 is 5.76 Å². The van der Waals surface area contributed by atoms with Crippen LogP contribution in [0.15, 0.2) is 41.4 Å². The molecule has 0 atom stereocenters. The number of aliphatic hydroxyl groups excluding tert-OH is 1. The van der Waals surface area contributed by atoms with Gasteiger partial charge in [-0.3, -0.25) is 4.79 Å². The summed E-state index contributed by atoms with van der Waals surface area (Å²) in [6.07, 6.45) is 1.48. The van der Waals surface area contributed by atoms with Crippen LogP contribution in [0.3, 0.4) is 0 Å². The number of nitroso groups, excluding NO2 is 1. The fraction of sp³-hybridized carbons (Fsp3) is 0. The van der Waals surface area contributed by atoms with E-state index in [-0.39, 0.29) is 11.3 Å². The molecule has 0 amide bonds. The summed E-state index contributed by atoms with van der Waals surface area (Å²) in [7, 11) is 0. The van der Waals surface area contributed by atoms with E-state index in [4.69, 9.17) is 5.11 Å². The maximum atomic E-state index is 10.2. The van der Waals surface area contributed by atoms with E-state index in [1.54, 1.807) is 0 Å². The van der Waals surface area contributed by atoms with Gasteiger partial charge in [0.15, 0.2) is 12.0 Å². The molecule has 0 radical (unpaired) electrons. The van der Waals surface area contributed by atoms with Crippen LogP contribution in [0.2, 0.25) is 0 Å². The number of carbonyl (C=O) groups excluding carboxylic acids is 1. The topological polar surface area (TPSA) is 66.7 Å². The fourth-order valence-electron chi connectivity index (χ4n) is 0.473. The second-order valence-electron chi connectivity index (χ2n) is 1.66. The normalized spacial score (nSPS) is 11.3. The van der Waals surface area contributed by atoms with Crippen molar-refractivity contribution in [3.8, 4) is 0 Å². The molecule has 0 aliphatic heterocycles. The van der Waals surface area contributed by atoms with Gasteiger partial charge in [0, 0.05) is 5.57 Å². The number of carbonyl (C=O) groups is 1. The molecule has 0 fully saturated rings. The van der Waals surface area contributed by atoms with Crippen molar-refractivity contribution in [3.05, 3.63) is 41.2 Å². The lowest BCUT2D eigenvalue weighted by Crippen LogP contribution is -1.90. The highest BCUT2D eigenvalue weighted by molar-refractivity contribution is 5.79.